The number of unbranched alkanes of at least 4 members (excludes halogenated alkanes) is 13. The first kappa shape index (κ1) is 35.7. The molecule has 0 heterocycles. The van der Waals surface area contributed by atoms with Gasteiger partial charge >= 0.3 is 5.97 Å². The summed E-state index contributed by atoms with van der Waals surface area (Å²) in [5, 5.41) is 19.4. The van der Waals surface area contributed by atoms with Crippen LogP contribution >= 0.6 is 11.8 Å². The Labute approximate surface area is 248 Å². The number of quaternary nitrogens is 1. The molecule has 40 heavy (non-hydrogen) atoms. The van der Waals surface area contributed by atoms with E-state index in [0.717, 1.165) is 9.79 Å². The molecule has 5 nitrogen and oxygen atoms in total. The summed E-state index contributed by atoms with van der Waals surface area (Å²) in [7, 11) is 4.70. The average Bonchev–Trinajstić information content (AvgIpc) is 2.94. The molecule has 0 amide bonds. The smallest absolute Gasteiger partial charge is 0.335 e. The van der Waals surface area contributed by atoms with Crippen molar-refractivity contribution in [3.63, 3.8) is 0 Å². The molecule has 2 rings (SSSR count). The zero-order chi connectivity index (χ0) is 29.6. The quantitative estimate of drug-likeness (QED) is 0.127. The summed E-state index contributed by atoms with van der Waals surface area (Å²) in [6, 6.07) is 12.8. The van der Waals surface area contributed by atoms with Crippen molar-refractivity contribution < 1.29 is 24.3 Å². The molecular formula is C34H53NO4S. The number of carboxylic acid groups (broad SMARTS) is 2. The van der Waals surface area contributed by atoms with E-state index in [1.165, 1.54) is 143 Å². The minimum atomic E-state index is -1.21. The Morgan fingerprint density at radius 3 is 1.38 bits per heavy atom. The fraction of sp³-hybridized carbons (Fsp3) is 0.588. The van der Waals surface area contributed by atoms with Gasteiger partial charge < -0.3 is 19.5 Å². The van der Waals surface area contributed by atoms with Crippen LogP contribution in [0.5, 0.6) is 0 Å². The highest BCUT2D eigenvalue weighted by molar-refractivity contribution is 7.99. The largest absolute Gasteiger partial charge is 0.545 e. The Balaban J connectivity index is 0.000000401. The summed E-state index contributed by atoms with van der Waals surface area (Å²) >= 11 is 1.42. The van der Waals surface area contributed by atoms with Crippen LogP contribution in [0.1, 0.15) is 124 Å². The van der Waals surface area contributed by atoms with E-state index >= 15 is 0 Å². The van der Waals surface area contributed by atoms with Crippen LogP contribution in [-0.4, -0.2) is 48.7 Å². The number of hydrogen-bond donors (Lipinski definition) is 1. The number of hydrogen-bond acceptors (Lipinski definition) is 4. The number of rotatable bonds is 20. The third-order valence-electron chi connectivity index (χ3n) is 7.40. The van der Waals surface area contributed by atoms with Gasteiger partial charge in [0.1, 0.15) is 0 Å². The topological polar surface area (TPSA) is 77.4 Å². The van der Waals surface area contributed by atoms with E-state index in [1.807, 2.05) is 0 Å². The average molecular weight is 572 g/mol. The molecule has 224 valence electrons. The molecule has 0 saturated carbocycles. The first-order valence-electron chi connectivity index (χ1n) is 15.3. The number of nitrogens with zero attached hydrogens (tertiary/aromatic N) is 1. The number of carboxylic acids is 2. The van der Waals surface area contributed by atoms with Crippen molar-refractivity contribution in [1.29, 1.82) is 0 Å². The van der Waals surface area contributed by atoms with E-state index in [1.54, 1.807) is 24.3 Å². The third-order valence-corrected chi connectivity index (χ3v) is 8.42. The second-order valence-electron chi connectivity index (χ2n) is 11.3. The van der Waals surface area contributed by atoms with E-state index in [4.69, 9.17) is 5.11 Å². The Bertz CT molecular complexity index is 886. The summed E-state index contributed by atoms with van der Waals surface area (Å²) < 4.78 is 1.19. The van der Waals surface area contributed by atoms with Gasteiger partial charge in [-0.05, 0) is 61.7 Å². The molecule has 0 radical (unpaired) electrons. The zero-order valence-electron chi connectivity index (χ0n) is 25.5. The van der Waals surface area contributed by atoms with Gasteiger partial charge in [0.2, 0.25) is 0 Å². The van der Waals surface area contributed by atoms with Gasteiger partial charge in [0.15, 0.2) is 0 Å². The SMILES string of the molecule is CCCCCCCCCCCCCCCC[N+](C)(C)CC.O=C([O-])c1ccc(Sc2ccc(C(=O)O)cc2)cc1. The first-order valence-corrected chi connectivity index (χ1v) is 16.1. The maximum atomic E-state index is 10.7. The van der Waals surface area contributed by atoms with Crippen molar-refractivity contribution in [1.82, 2.24) is 0 Å². The lowest BCUT2D eigenvalue weighted by Gasteiger charge is -2.28. The molecular weight excluding hydrogens is 518 g/mol. The highest BCUT2D eigenvalue weighted by Gasteiger charge is 2.10. The van der Waals surface area contributed by atoms with E-state index in [9.17, 15) is 14.7 Å². The van der Waals surface area contributed by atoms with Crippen molar-refractivity contribution in [2.24, 2.45) is 0 Å². The molecule has 6 heteroatoms. The Morgan fingerprint density at radius 1 is 0.650 bits per heavy atom. The summed E-state index contributed by atoms with van der Waals surface area (Å²) in [6.45, 7) is 7.21. The molecule has 1 N–H and O–H groups in total. The molecule has 0 fully saturated rings. The second kappa shape index (κ2) is 21.4. The fourth-order valence-corrected chi connectivity index (χ4v) is 5.17. The van der Waals surface area contributed by atoms with Gasteiger partial charge in [-0.25, -0.2) is 4.79 Å². The van der Waals surface area contributed by atoms with Crippen molar-refractivity contribution >= 4 is 23.7 Å². The number of carbonyl (C=O) groups excluding carboxylic acids is 1. The minimum absolute atomic E-state index is 0.130. The molecule has 0 aliphatic rings. The molecule has 0 spiro atoms. The summed E-state index contributed by atoms with van der Waals surface area (Å²) in [5.74, 6) is -2.17. The van der Waals surface area contributed by atoms with Gasteiger partial charge in [0, 0.05) is 9.79 Å². The van der Waals surface area contributed by atoms with E-state index in [2.05, 4.69) is 27.9 Å². The summed E-state index contributed by atoms with van der Waals surface area (Å²) in [5.41, 5.74) is 0.363. The molecule has 0 unspecified atom stereocenters. The maximum absolute atomic E-state index is 10.7. The van der Waals surface area contributed by atoms with Crippen molar-refractivity contribution in [2.75, 3.05) is 27.2 Å². The second-order valence-corrected chi connectivity index (χ2v) is 12.5. The standard InChI is InChI=1S/C20H44N.C14H10O4S/c1-5-7-8-9-10-11-12-13-14-15-16-17-18-19-20-21(3,4)6-2;15-13(16)9-1-5-11(6-2-9)19-12-7-3-10(4-8-12)14(17)18/h5-20H2,1-4H3;1-8H,(H,15,16)(H,17,18)/q+1;/p-1. The third kappa shape index (κ3) is 17.4. The Hall–Kier alpha value is -2.31. The molecule has 0 aliphatic heterocycles. The molecule has 0 aliphatic carbocycles. The maximum Gasteiger partial charge on any atom is 0.335 e. The molecule has 0 aromatic heterocycles. The van der Waals surface area contributed by atoms with Crippen molar-refractivity contribution in [3.05, 3.63) is 59.7 Å². The minimum Gasteiger partial charge on any atom is -0.545 e. The normalized spacial score (nSPS) is 11.1. The molecule has 0 atom stereocenters. The first-order chi connectivity index (χ1) is 19.2. The van der Waals surface area contributed by atoms with Gasteiger partial charge in [-0.2, -0.15) is 0 Å². The highest BCUT2D eigenvalue weighted by atomic mass is 32.2. The van der Waals surface area contributed by atoms with E-state index < -0.39 is 11.9 Å². The number of carbonyl (C=O) groups is 2. The monoisotopic (exact) mass is 571 g/mol. The van der Waals surface area contributed by atoms with Crippen molar-refractivity contribution in [3.8, 4) is 0 Å². The molecule has 2 aromatic rings. The van der Waals surface area contributed by atoms with Crippen LogP contribution in [-0.2, 0) is 0 Å². The highest BCUT2D eigenvalue weighted by Crippen LogP contribution is 2.28. The fourth-order valence-electron chi connectivity index (χ4n) is 4.35. The van der Waals surface area contributed by atoms with Crippen LogP contribution in [0.25, 0.3) is 0 Å². The van der Waals surface area contributed by atoms with E-state index in [-0.39, 0.29) is 11.1 Å². The van der Waals surface area contributed by atoms with E-state index in [0.29, 0.717) is 0 Å². The van der Waals surface area contributed by atoms with Gasteiger partial charge in [0.05, 0.1) is 38.7 Å². The molecule has 0 saturated heterocycles. The van der Waals surface area contributed by atoms with Crippen LogP contribution in [0.2, 0.25) is 0 Å². The molecule has 0 bridgehead atoms. The predicted octanol–water partition coefficient (Wildman–Crippen LogP) is 8.46. The van der Waals surface area contributed by atoms with Crippen LogP contribution in [0.15, 0.2) is 58.3 Å². The number of aromatic carboxylic acids is 2. The number of benzene rings is 2. The van der Waals surface area contributed by atoms with Crippen LogP contribution in [0.3, 0.4) is 0 Å². The lowest BCUT2D eigenvalue weighted by molar-refractivity contribution is -0.888. The summed E-state index contributed by atoms with van der Waals surface area (Å²) in [6.07, 6.45) is 20.4. The van der Waals surface area contributed by atoms with Gasteiger partial charge in [-0.1, -0.05) is 108 Å². The van der Waals surface area contributed by atoms with Crippen LogP contribution in [0, 0.1) is 0 Å². The molecule has 2 aromatic carbocycles. The zero-order valence-corrected chi connectivity index (χ0v) is 26.3. The van der Waals surface area contributed by atoms with Gasteiger partial charge in [0.25, 0.3) is 0 Å². The van der Waals surface area contributed by atoms with Crippen molar-refractivity contribution in [2.45, 2.75) is 114 Å². The summed E-state index contributed by atoms with van der Waals surface area (Å²) in [4.78, 5) is 23.1. The lowest BCUT2D eigenvalue weighted by atomic mass is 10.0. The Morgan fingerprint density at radius 2 is 1.02 bits per heavy atom. The van der Waals surface area contributed by atoms with Gasteiger partial charge in [-0.3, -0.25) is 0 Å². The van der Waals surface area contributed by atoms with Crippen LogP contribution in [0.4, 0.5) is 0 Å². The lowest BCUT2D eigenvalue weighted by Crippen LogP contribution is -2.39. The van der Waals surface area contributed by atoms with Crippen LogP contribution < -0.4 is 5.11 Å². The van der Waals surface area contributed by atoms with Gasteiger partial charge in [-0.15, -0.1) is 0 Å². The Kier molecular flexibility index (Phi) is 19.1. The predicted molar refractivity (Wildman–Crippen MR) is 166 cm³/mol.